The molecule has 1 aromatic carbocycles. The molecule has 0 amide bonds. The average molecular weight is 211 g/mol. The lowest BCUT2D eigenvalue weighted by Crippen LogP contribution is -1.91. The van der Waals surface area contributed by atoms with Gasteiger partial charge in [0.1, 0.15) is 0 Å². The number of benzene rings is 1. The van der Waals surface area contributed by atoms with Gasteiger partial charge in [-0.1, -0.05) is 49.7 Å². The molecule has 82 valence electrons. The van der Waals surface area contributed by atoms with E-state index in [9.17, 15) is 0 Å². The lowest BCUT2D eigenvalue weighted by Gasteiger charge is -2.03. The molecule has 2 rings (SSSR count). The smallest absolute Gasteiger partial charge is 0.0705 e. The monoisotopic (exact) mass is 211 g/mol. The summed E-state index contributed by atoms with van der Waals surface area (Å²) in [5.74, 6) is 0. The maximum atomic E-state index is 4.68. The van der Waals surface area contributed by atoms with Crippen LogP contribution in [0.3, 0.4) is 0 Å². The first-order chi connectivity index (χ1) is 7.90. The first kappa shape index (κ1) is 10.9. The zero-order valence-electron chi connectivity index (χ0n) is 9.69. The van der Waals surface area contributed by atoms with E-state index in [0.717, 1.165) is 12.1 Å². The lowest BCUT2D eigenvalue weighted by atomic mass is 10.1. The summed E-state index contributed by atoms with van der Waals surface area (Å²) < 4.78 is 0. The van der Waals surface area contributed by atoms with Gasteiger partial charge >= 0.3 is 0 Å². The van der Waals surface area contributed by atoms with Gasteiger partial charge in [0.15, 0.2) is 0 Å². The minimum absolute atomic E-state index is 1.08. The fourth-order valence-corrected chi connectivity index (χ4v) is 1.75. The van der Waals surface area contributed by atoms with Crippen LogP contribution in [0.4, 0.5) is 0 Å². The maximum absolute atomic E-state index is 4.68. The van der Waals surface area contributed by atoms with Crippen LogP contribution in [-0.4, -0.2) is 4.98 Å². The second kappa shape index (κ2) is 5.45. The van der Waals surface area contributed by atoms with E-state index in [2.05, 4.69) is 54.4 Å². The Kier molecular flexibility index (Phi) is 3.71. The fraction of sp³-hybridized carbons (Fsp3) is 0.267. The quantitative estimate of drug-likeness (QED) is 0.742. The molecule has 0 radical (unpaired) electrons. The van der Waals surface area contributed by atoms with Crippen molar-refractivity contribution >= 4 is 0 Å². The molecule has 0 aliphatic heterocycles. The molecule has 2 aromatic rings. The molecule has 16 heavy (non-hydrogen) atoms. The summed E-state index contributed by atoms with van der Waals surface area (Å²) in [4.78, 5) is 4.68. The lowest BCUT2D eigenvalue weighted by molar-refractivity contribution is 0.777. The Morgan fingerprint density at radius 1 is 0.938 bits per heavy atom. The van der Waals surface area contributed by atoms with Crippen molar-refractivity contribution in [2.24, 2.45) is 0 Å². The van der Waals surface area contributed by atoms with E-state index in [1.165, 1.54) is 24.1 Å². The van der Waals surface area contributed by atoms with Crippen molar-refractivity contribution in [3.05, 3.63) is 54.2 Å². The Hall–Kier alpha value is -1.63. The molecule has 0 saturated carbocycles. The molecule has 0 atom stereocenters. The molecule has 0 fully saturated rings. The van der Waals surface area contributed by atoms with Crippen molar-refractivity contribution < 1.29 is 0 Å². The molecule has 0 bridgehead atoms. The van der Waals surface area contributed by atoms with Crippen LogP contribution in [0.2, 0.25) is 0 Å². The molecule has 0 aliphatic rings. The predicted molar refractivity (Wildman–Crippen MR) is 68.3 cm³/mol. The van der Waals surface area contributed by atoms with Crippen molar-refractivity contribution in [3.8, 4) is 11.3 Å². The Morgan fingerprint density at radius 2 is 1.75 bits per heavy atom. The Labute approximate surface area is 97.2 Å². The van der Waals surface area contributed by atoms with Gasteiger partial charge in [0, 0.05) is 11.3 Å². The van der Waals surface area contributed by atoms with Crippen LogP contribution in [0.5, 0.6) is 0 Å². The van der Waals surface area contributed by atoms with Crippen LogP contribution in [0.25, 0.3) is 11.3 Å². The molecule has 1 heterocycles. The highest BCUT2D eigenvalue weighted by Gasteiger charge is 1.99. The normalized spacial score (nSPS) is 10.3. The number of hydrogen-bond acceptors (Lipinski definition) is 1. The van der Waals surface area contributed by atoms with Gasteiger partial charge in [-0.25, -0.2) is 0 Å². The van der Waals surface area contributed by atoms with Crippen LogP contribution < -0.4 is 0 Å². The number of rotatable bonds is 4. The van der Waals surface area contributed by atoms with E-state index in [-0.39, 0.29) is 0 Å². The van der Waals surface area contributed by atoms with Crippen LogP contribution in [0, 0.1) is 0 Å². The molecule has 0 spiro atoms. The number of aryl methyl sites for hydroxylation is 1. The molecule has 1 aromatic heterocycles. The van der Waals surface area contributed by atoms with Gasteiger partial charge in [-0.15, -0.1) is 0 Å². The van der Waals surface area contributed by atoms with Gasteiger partial charge in [-0.05, 0) is 25.0 Å². The zero-order chi connectivity index (χ0) is 11.2. The summed E-state index contributed by atoms with van der Waals surface area (Å²) in [6.07, 6.45) is 3.51. The number of aromatic nitrogens is 1. The number of nitrogens with zero attached hydrogens (tertiary/aromatic N) is 1. The van der Waals surface area contributed by atoms with Gasteiger partial charge in [0.25, 0.3) is 0 Å². The van der Waals surface area contributed by atoms with Gasteiger partial charge in [0.2, 0.25) is 0 Å². The third kappa shape index (κ3) is 2.69. The van der Waals surface area contributed by atoms with Crippen molar-refractivity contribution in [1.82, 2.24) is 4.98 Å². The number of hydrogen-bond donors (Lipinski definition) is 0. The summed E-state index contributed by atoms with van der Waals surface area (Å²) in [7, 11) is 0. The minimum Gasteiger partial charge on any atom is -0.253 e. The first-order valence-electron chi connectivity index (χ1n) is 5.91. The van der Waals surface area contributed by atoms with Crippen molar-refractivity contribution in [2.45, 2.75) is 26.2 Å². The molecular weight excluding hydrogens is 194 g/mol. The van der Waals surface area contributed by atoms with Crippen LogP contribution in [0.15, 0.2) is 48.5 Å². The van der Waals surface area contributed by atoms with Crippen LogP contribution >= 0.6 is 0 Å². The van der Waals surface area contributed by atoms with E-state index in [1.54, 1.807) is 0 Å². The second-order valence-corrected chi connectivity index (χ2v) is 3.98. The predicted octanol–water partition coefficient (Wildman–Crippen LogP) is 4.09. The third-order valence-electron chi connectivity index (χ3n) is 2.66. The van der Waals surface area contributed by atoms with Gasteiger partial charge < -0.3 is 0 Å². The SMILES string of the molecule is CCCCc1cccc(-c2ccccc2)n1. The van der Waals surface area contributed by atoms with Crippen molar-refractivity contribution in [1.29, 1.82) is 0 Å². The second-order valence-electron chi connectivity index (χ2n) is 3.98. The fourth-order valence-electron chi connectivity index (χ4n) is 1.75. The van der Waals surface area contributed by atoms with E-state index < -0.39 is 0 Å². The summed E-state index contributed by atoms with van der Waals surface area (Å²) in [6.45, 7) is 2.21. The Bertz CT molecular complexity index is 434. The van der Waals surface area contributed by atoms with Crippen molar-refractivity contribution in [3.63, 3.8) is 0 Å². The Morgan fingerprint density at radius 3 is 2.50 bits per heavy atom. The molecule has 0 N–H and O–H groups in total. The first-order valence-corrected chi connectivity index (χ1v) is 5.91. The topological polar surface area (TPSA) is 12.9 Å². The molecule has 0 unspecified atom stereocenters. The summed E-state index contributed by atoms with van der Waals surface area (Å²) in [5.41, 5.74) is 3.47. The average Bonchev–Trinajstić information content (AvgIpc) is 2.38. The largest absolute Gasteiger partial charge is 0.253 e. The third-order valence-corrected chi connectivity index (χ3v) is 2.66. The van der Waals surface area contributed by atoms with Gasteiger partial charge in [-0.2, -0.15) is 0 Å². The number of unbranched alkanes of at least 4 members (excludes halogenated alkanes) is 1. The summed E-state index contributed by atoms with van der Waals surface area (Å²) in [5, 5.41) is 0. The van der Waals surface area contributed by atoms with E-state index in [4.69, 9.17) is 0 Å². The van der Waals surface area contributed by atoms with Gasteiger partial charge in [-0.3, -0.25) is 4.98 Å². The molecular formula is C15H17N. The maximum Gasteiger partial charge on any atom is 0.0705 e. The van der Waals surface area contributed by atoms with E-state index >= 15 is 0 Å². The molecule has 1 nitrogen and oxygen atoms in total. The van der Waals surface area contributed by atoms with Crippen molar-refractivity contribution in [2.75, 3.05) is 0 Å². The summed E-state index contributed by atoms with van der Waals surface area (Å²) >= 11 is 0. The molecule has 0 aliphatic carbocycles. The minimum atomic E-state index is 1.08. The molecule has 0 saturated heterocycles. The van der Waals surface area contributed by atoms with Crippen LogP contribution in [0.1, 0.15) is 25.5 Å². The van der Waals surface area contributed by atoms with E-state index in [0.29, 0.717) is 0 Å². The molecule has 1 heteroatoms. The zero-order valence-corrected chi connectivity index (χ0v) is 9.69. The Balaban J connectivity index is 2.22. The number of pyridine rings is 1. The summed E-state index contributed by atoms with van der Waals surface area (Å²) in [6, 6.07) is 16.6. The standard InChI is InChI=1S/C15H17N/c1-2-3-10-14-11-7-12-15(16-14)13-8-5-4-6-9-13/h4-9,11-12H,2-3,10H2,1H3. The van der Waals surface area contributed by atoms with E-state index in [1.807, 2.05) is 6.07 Å². The highest BCUT2D eigenvalue weighted by molar-refractivity contribution is 5.58. The highest BCUT2D eigenvalue weighted by Crippen LogP contribution is 2.16. The van der Waals surface area contributed by atoms with Crippen LogP contribution in [-0.2, 0) is 6.42 Å². The van der Waals surface area contributed by atoms with Gasteiger partial charge in [0.05, 0.1) is 5.69 Å². The highest BCUT2D eigenvalue weighted by atomic mass is 14.7.